The topological polar surface area (TPSA) is 85.8 Å². The highest BCUT2D eigenvalue weighted by molar-refractivity contribution is 5.85. The zero-order valence-electron chi connectivity index (χ0n) is 19.0. The summed E-state index contributed by atoms with van der Waals surface area (Å²) in [7, 11) is 1.60. The number of likely N-dealkylation sites (tertiary alicyclic amines) is 1. The van der Waals surface area contributed by atoms with Crippen LogP contribution in [-0.4, -0.2) is 59.9 Å². The van der Waals surface area contributed by atoms with Crippen molar-refractivity contribution in [2.24, 2.45) is 7.05 Å². The maximum absolute atomic E-state index is 13.4. The summed E-state index contributed by atoms with van der Waals surface area (Å²) < 4.78 is 18.2. The minimum Gasteiger partial charge on any atom is -0.353 e. The molecule has 1 saturated heterocycles. The number of aromatic nitrogens is 6. The van der Waals surface area contributed by atoms with Gasteiger partial charge >= 0.3 is 5.69 Å². The van der Waals surface area contributed by atoms with Crippen molar-refractivity contribution in [3.8, 4) is 0 Å². The highest BCUT2D eigenvalue weighted by Crippen LogP contribution is 2.24. The molecule has 180 valence electrons. The molecule has 3 heterocycles. The van der Waals surface area contributed by atoms with Crippen LogP contribution in [0.3, 0.4) is 0 Å². The molecule has 0 aliphatic carbocycles. The molecule has 1 N–H and O–H groups in total. The molecule has 5 rings (SSSR count). The Balaban J connectivity index is 0.00000274. The number of hydrogen-bond acceptors (Lipinski definition) is 6. The van der Waals surface area contributed by atoms with Gasteiger partial charge in [-0.1, -0.05) is 24.3 Å². The van der Waals surface area contributed by atoms with E-state index in [2.05, 4.69) is 31.3 Å². The minimum atomic E-state index is -0.233. The summed E-state index contributed by atoms with van der Waals surface area (Å²) in [6, 6.07) is 15.0. The van der Waals surface area contributed by atoms with Crippen molar-refractivity contribution in [1.82, 2.24) is 34.2 Å². The van der Waals surface area contributed by atoms with Crippen LogP contribution in [0.4, 0.5) is 10.3 Å². The quantitative estimate of drug-likeness (QED) is 0.432. The van der Waals surface area contributed by atoms with Gasteiger partial charge in [-0.25, -0.2) is 14.2 Å². The maximum atomic E-state index is 13.4. The van der Waals surface area contributed by atoms with Crippen LogP contribution >= 0.6 is 12.4 Å². The molecule has 2 aromatic carbocycles. The molecule has 0 amide bonds. The molecule has 1 aliphatic rings. The number of anilines is 1. The van der Waals surface area contributed by atoms with E-state index < -0.39 is 0 Å². The zero-order chi connectivity index (χ0) is 22.8. The molecule has 11 heteroatoms. The maximum Gasteiger partial charge on any atom is 0.363 e. The van der Waals surface area contributed by atoms with E-state index in [0.717, 1.165) is 55.0 Å². The fourth-order valence-electron chi connectivity index (χ4n) is 4.33. The molecular weight excluding hydrogens is 459 g/mol. The standard InChI is InChI=1S/C23H27FN8O.ClH/c1-29-23(33)32(28-27-29)15-14-30-12-10-19(11-13-30)25-22-26-20-4-2-3-5-21(20)31(22)16-17-6-8-18(24)9-7-17;/h2-9,19H,10-16H2,1H3,(H,25,26);1H. The normalized spacial score (nSPS) is 14.9. The molecule has 1 aliphatic heterocycles. The number of rotatable bonds is 7. The van der Waals surface area contributed by atoms with E-state index in [1.54, 1.807) is 7.05 Å². The number of aryl methyl sites for hydroxylation is 1. The summed E-state index contributed by atoms with van der Waals surface area (Å²) in [4.78, 5) is 19.1. The van der Waals surface area contributed by atoms with Crippen molar-refractivity contribution in [2.75, 3.05) is 25.0 Å². The number of piperidine rings is 1. The first-order valence-electron chi connectivity index (χ1n) is 11.2. The van der Waals surface area contributed by atoms with Crippen molar-refractivity contribution < 1.29 is 4.39 Å². The predicted molar refractivity (Wildman–Crippen MR) is 131 cm³/mol. The Kier molecular flexibility index (Phi) is 7.28. The SMILES string of the molecule is Cl.Cn1nnn(CCN2CCC(Nc3nc4ccccc4n3Cc3ccc(F)cc3)CC2)c1=O. The van der Waals surface area contributed by atoms with Gasteiger partial charge in [0, 0.05) is 32.7 Å². The lowest BCUT2D eigenvalue weighted by Crippen LogP contribution is -2.41. The lowest BCUT2D eigenvalue weighted by atomic mass is 10.1. The van der Waals surface area contributed by atoms with E-state index >= 15 is 0 Å². The Morgan fingerprint density at radius 1 is 1.03 bits per heavy atom. The van der Waals surface area contributed by atoms with Crippen LogP contribution in [0.5, 0.6) is 0 Å². The molecule has 0 unspecified atom stereocenters. The Morgan fingerprint density at radius 3 is 2.47 bits per heavy atom. The molecular formula is C23H28ClFN8O. The number of fused-ring (bicyclic) bond motifs is 1. The van der Waals surface area contributed by atoms with Gasteiger partial charge in [0.15, 0.2) is 0 Å². The zero-order valence-corrected chi connectivity index (χ0v) is 19.8. The van der Waals surface area contributed by atoms with Crippen LogP contribution in [0.2, 0.25) is 0 Å². The predicted octanol–water partition coefficient (Wildman–Crippen LogP) is 2.51. The summed E-state index contributed by atoms with van der Waals surface area (Å²) in [5.41, 5.74) is 2.83. The van der Waals surface area contributed by atoms with Gasteiger partial charge in [0.1, 0.15) is 5.82 Å². The monoisotopic (exact) mass is 486 g/mol. The number of halogens is 2. The van der Waals surface area contributed by atoms with Gasteiger partial charge in [0.05, 0.1) is 24.1 Å². The fourth-order valence-corrected chi connectivity index (χ4v) is 4.33. The second kappa shape index (κ2) is 10.4. The molecule has 34 heavy (non-hydrogen) atoms. The van der Waals surface area contributed by atoms with Crippen molar-refractivity contribution in [3.63, 3.8) is 0 Å². The van der Waals surface area contributed by atoms with E-state index in [0.29, 0.717) is 19.1 Å². The number of imidazole rings is 1. The third-order valence-corrected chi connectivity index (χ3v) is 6.24. The molecule has 0 atom stereocenters. The molecule has 9 nitrogen and oxygen atoms in total. The van der Waals surface area contributed by atoms with Gasteiger partial charge in [-0.3, -0.25) is 0 Å². The lowest BCUT2D eigenvalue weighted by Gasteiger charge is -2.32. The van der Waals surface area contributed by atoms with Gasteiger partial charge in [-0.15, -0.1) is 12.4 Å². The molecule has 0 bridgehead atoms. The van der Waals surface area contributed by atoms with Gasteiger partial charge in [-0.2, -0.15) is 9.36 Å². The molecule has 4 aromatic rings. The molecule has 0 spiro atoms. The number of nitrogens with one attached hydrogen (secondary N) is 1. The van der Waals surface area contributed by atoms with Crippen molar-refractivity contribution in [3.05, 3.63) is 70.4 Å². The third-order valence-electron chi connectivity index (χ3n) is 6.24. The van der Waals surface area contributed by atoms with E-state index in [-0.39, 0.29) is 23.9 Å². The van der Waals surface area contributed by atoms with Gasteiger partial charge in [0.2, 0.25) is 5.95 Å². The first kappa shape index (κ1) is 23.9. The Bertz CT molecular complexity index is 1290. The Morgan fingerprint density at radius 2 is 1.76 bits per heavy atom. The minimum absolute atomic E-state index is 0. The van der Waals surface area contributed by atoms with Crippen LogP contribution in [-0.2, 0) is 20.1 Å². The Hall–Kier alpha value is -3.24. The summed E-state index contributed by atoms with van der Waals surface area (Å²) >= 11 is 0. The fraction of sp³-hybridized carbons (Fsp3) is 0.391. The third kappa shape index (κ3) is 5.13. The molecule has 0 saturated carbocycles. The summed E-state index contributed by atoms with van der Waals surface area (Å²) in [5.74, 6) is 0.605. The Labute approximate surface area is 202 Å². The van der Waals surface area contributed by atoms with Gasteiger partial charge < -0.3 is 14.8 Å². The van der Waals surface area contributed by atoms with E-state index in [1.165, 1.54) is 21.5 Å². The van der Waals surface area contributed by atoms with Crippen molar-refractivity contribution in [2.45, 2.75) is 32.0 Å². The number of para-hydroxylation sites is 2. The average molecular weight is 487 g/mol. The highest BCUT2D eigenvalue weighted by Gasteiger charge is 2.22. The number of tetrazole rings is 1. The number of benzene rings is 2. The molecule has 1 fully saturated rings. The van der Waals surface area contributed by atoms with E-state index in [4.69, 9.17) is 4.98 Å². The van der Waals surface area contributed by atoms with E-state index in [1.807, 2.05) is 30.3 Å². The van der Waals surface area contributed by atoms with Crippen LogP contribution in [0, 0.1) is 5.82 Å². The van der Waals surface area contributed by atoms with Crippen LogP contribution < -0.4 is 11.0 Å². The second-order valence-electron chi connectivity index (χ2n) is 8.51. The van der Waals surface area contributed by atoms with Gasteiger partial charge in [-0.05, 0) is 53.1 Å². The van der Waals surface area contributed by atoms with Crippen molar-refractivity contribution >= 4 is 29.4 Å². The molecule has 0 radical (unpaired) electrons. The van der Waals surface area contributed by atoms with Crippen LogP contribution in [0.15, 0.2) is 53.3 Å². The summed E-state index contributed by atoms with van der Waals surface area (Å²) in [6.45, 7) is 3.80. The number of nitrogens with zero attached hydrogens (tertiary/aromatic N) is 7. The number of hydrogen-bond donors (Lipinski definition) is 1. The summed E-state index contributed by atoms with van der Waals surface area (Å²) in [6.07, 6.45) is 1.96. The van der Waals surface area contributed by atoms with Crippen LogP contribution in [0.1, 0.15) is 18.4 Å². The molecule has 2 aromatic heterocycles. The summed E-state index contributed by atoms with van der Waals surface area (Å²) in [5, 5.41) is 11.3. The van der Waals surface area contributed by atoms with Crippen molar-refractivity contribution in [1.29, 1.82) is 0 Å². The largest absolute Gasteiger partial charge is 0.363 e. The first-order chi connectivity index (χ1) is 16.1. The highest BCUT2D eigenvalue weighted by atomic mass is 35.5. The second-order valence-corrected chi connectivity index (χ2v) is 8.51. The van der Waals surface area contributed by atoms with Crippen LogP contribution in [0.25, 0.3) is 11.0 Å². The van der Waals surface area contributed by atoms with Gasteiger partial charge in [0.25, 0.3) is 0 Å². The average Bonchev–Trinajstić information content (AvgIpc) is 3.34. The lowest BCUT2D eigenvalue weighted by molar-refractivity contribution is 0.207. The van der Waals surface area contributed by atoms with E-state index in [9.17, 15) is 9.18 Å². The first-order valence-corrected chi connectivity index (χ1v) is 11.2. The smallest absolute Gasteiger partial charge is 0.353 e.